The zero-order valence-corrected chi connectivity index (χ0v) is 16.4. The van der Waals surface area contributed by atoms with E-state index in [1.54, 1.807) is 29.2 Å². The quantitative estimate of drug-likeness (QED) is 0.459. The number of piperidine rings is 1. The lowest BCUT2D eigenvalue weighted by atomic mass is 9.95. The molecule has 0 atom stereocenters. The molecule has 0 saturated carbocycles. The van der Waals surface area contributed by atoms with Crippen molar-refractivity contribution in [1.29, 1.82) is 0 Å². The van der Waals surface area contributed by atoms with Gasteiger partial charge in [0, 0.05) is 36.7 Å². The molecular weight excluding hydrogens is 390 g/mol. The largest absolute Gasteiger partial charge is 0.465 e. The number of hydrogen-bond acceptors (Lipinski definition) is 6. The fourth-order valence-corrected chi connectivity index (χ4v) is 3.37. The van der Waals surface area contributed by atoms with E-state index in [2.05, 4.69) is 5.32 Å². The fraction of sp³-hybridized carbons (Fsp3) is 0.286. The van der Waals surface area contributed by atoms with Crippen LogP contribution in [0.15, 0.2) is 48.5 Å². The first kappa shape index (κ1) is 21.0. The second kappa shape index (κ2) is 9.17. The van der Waals surface area contributed by atoms with E-state index in [1.807, 2.05) is 0 Å². The van der Waals surface area contributed by atoms with E-state index < -0.39 is 10.9 Å². The van der Waals surface area contributed by atoms with Crippen LogP contribution in [0.3, 0.4) is 0 Å². The number of hydrogen-bond donors (Lipinski definition) is 1. The molecule has 0 aromatic heterocycles. The minimum atomic E-state index is -0.533. The van der Waals surface area contributed by atoms with Crippen molar-refractivity contribution in [1.82, 2.24) is 4.90 Å². The summed E-state index contributed by atoms with van der Waals surface area (Å²) in [5, 5.41) is 13.5. The number of nitrogens with one attached hydrogen (secondary N) is 1. The molecule has 2 aromatic carbocycles. The molecule has 1 N–H and O–H groups in total. The first-order chi connectivity index (χ1) is 14.4. The molecule has 0 spiro atoms. The molecule has 0 aliphatic carbocycles. The van der Waals surface area contributed by atoms with Crippen LogP contribution in [0.5, 0.6) is 0 Å². The maximum absolute atomic E-state index is 12.6. The van der Waals surface area contributed by atoms with Crippen LogP contribution in [0.25, 0.3) is 0 Å². The molecule has 2 aromatic rings. The van der Waals surface area contributed by atoms with Crippen LogP contribution in [-0.4, -0.2) is 47.8 Å². The van der Waals surface area contributed by atoms with Gasteiger partial charge in [-0.2, -0.15) is 0 Å². The number of methoxy groups -OCH3 is 1. The van der Waals surface area contributed by atoms with Crippen molar-refractivity contribution in [2.24, 2.45) is 5.92 Å². The SMILES string of the molecule is COC(=O)c1ccccc1NC(=O)C1CCN(C(=O)c2ccc([N+](=O)[O-])cc2)CC1. The van der Waals surface area contributed by atoms with E-state index in [0.29, 0.717) is 37.2 Å². The molecule has 9 nitrogen and oxygen atoms in total. The van der Waals surface area contributed by atoms with E-state index in [0.717, 1.165) is 0 Å². The van der Waals surface area contributed by atoms with E-state index in [4.69, 9.17) is 4.74 Å². The van der Waals surface area contributed by atoms with Gasteiger partial charge >= 0.3 is 5.97 Å². The van der Waals surface area contributed by atoms with Crippen molar-refractivity contribution in [2.75, 3.05) is 25.5 Å². The van der Waals surface area contributed by atoms with Gasteiger partial charge in [0.15, 0.2) is 0 Å². The van der Waals surface area contributed by atoms with Crippen molar-refractivity contribution >= 4 is 29.2 Å². The molecule has 0 unspecified atom stereocenters. The van der Waals surface area contributed by atoms with E-state index >= 15 is 0 Å². The third kappa shape index (κ3) is 4.62. The molecule has 9 heteroatoms. The molecular formula is C21H21N3O6. The zero-order chi connectivity index (χ0) is 21.7. The summed E-state index contributed by atoms with van der Waals surface area (Å²) in [6.45, 7) is 0.791. The Morgan fingerprint density at radius 3 is 2.30 bits per heavy atom. The smallest absolute Gasteiger partial charge is 0.339 e. The highest BCUT2D eigenvalue weighted by molar-refractivity contribution is 6.02. The topological polar surface area (TPSA) is 119 Å². The Balaban J connectivity index is 1.59. The summed E-state index contributed by atoms with van der Waals surface area (Å²) >= 11 is 0. The number of para-hydroxylation sites is 1. The van der Waals surface area contributed by atoms with Crippen LogP contribution < -0.4 is 5.32 Å². The van der Waals surface area contributed by atoms with Crippen molar-refractivity contribution in [3.8, 4) is 0 Å². The van der Waals surface area contributed by atoms with E-state index in [-0.39, 0.29) is 29.0 Å². The number of nitro groups is 1. The number of nitro benzene ring substituents is 1. The highest BCUT2D eigenvalue weighted by Crippen LogP contribution is 2.23. The van der Waals surface area contributed by atoms with Gasteiger partial charge < -0.3 is 15.0 Å². The maximum atomic E-state index is 12.6. The first-order valence-corrected chi connectivity index (χ1v) is 9.42. The van der Waals surface area contributed by atoms with Crippen molar-refractivity contribution < 1.29 is 24.0 Å². The van der Waals surface area contributed by atoms with Gasteiger partial charge in [-0.15, -0.1) is 0 Å². The zero-order valence-electron chi connectivity index (χ0n) is 16.4. The average Bonchev–Trinajstić information content (AvgIpc) is 2.78. The van der Waals surface area contributed by atoms with Crippen LogP contribution in [0, 0.1) is 16.0 Å². The molecule has 30 heavy (non-hydrogen) atoms. The van der Waals surface area contributed by atoms with Crippen molar-refractivity contribution in [2.45, 2.75) is 12.8 Å². The lowest BCUT2D eigenvalue weighted by Gasteiger charge is -2.31. The van der Waals surface area contributed by atoms with Gasteiger partial charge in [0.2, 0.25) is 5.91 Å². The van der Waals surface area contributed by atoms with Crippen LogP contribution in [0.2, 0.25) is 0 Å². The number of amides is 2. The van der Waals surface area contributed by atoms with Crippen molar-refractivity contribution in [3.63, 3.8) is 0 Å². The number of carbonyl (C=O) groups is 3. The van der Waals surface area contributed by atoms with Gasteiger partial charge in [-0.05, 0) is 37.1 Å². The van der Waals surface area contributed by atoms with Crippen LogP contribution in [0.1, 0.15) is 33.6 Å². The molecule has 1 fully saturated rings. The van der Waals surface area contributed by atoms with Crippen LogP contribution in [0.4, 0.5) is 11.4 Å². The van der Waals surface area contributed by atoms with Gasteiger partial charge in [0.25, 0.3) is 11.6 Å². The Morgan fingerprint density at radius 2 is 1.70 bits per heavy atom. The summed E-state index contributed by atoms with van der Waals surface area (Å²) in [5.41, 5.74) is 0.961. The molecule has 1 aliphatic rings. The van der Waals surface area contributed by atoms with Crippen LogP contribution in [-0.2, 0) is 9.53 Å². The number of likely N-dealkylation sites (tertiary alicyclic amines) is 1. The molecule has 0 bridgehead atoms. The molecule has 0 radical (unpaired) electrons. The minimum Gasteiger partial charge on any atom is -0.465 e. The summed E-state index contributed by atoms with van der Waals surface area (Å²) in [6, 6.07) is 12.1. The number of esters is 1. The fourth-order valence-electron chi connectivity index (χ4n) is 3.37. The number of nitrogens with zero attached hydrogens (tertiary/aromatic N) is 2. The Hall–Kier alpha value is -3.75. The average molecular weight is 411 g/mol. The molecule has 3 rings (SSSR count). The standard InChI is InChI=1S/C21H21N3O6/c1-30-21(27)17-4-2-3-5-18(17)22-19(25)14-10-12-23(13-11-14)20(26)15-6-8-16(9-7-15)24(28)29/h2-9,14H,10-13H2,1H3,(H,22,25). The van der Waals surface area contributed by atoms with Gasteiger partial charge in [0.05, 0.1) is 23.3 Å². The Bertz CT molecular complexity index is 965. The third-order valence-corrected chi connectivity index (χ3v) is 5.07. The summed E-state index contributed by atoms with van der Waals surface area (Å²) in [5.74, 6) is -1.26. The summed E-state index contributed by atoms with van der Waals surface area (Å²) in [4.78, 5) is 49.0. The van der Waals surface area contributed by atoms with E-state index in [1.165, 1.54) is 31.4 Å². The lowest BCUT2D eigenvalue weighted by Crippen LogP contribution is -2.41. The molecule has 1 aliphatic heterocycles. The highest BCUT2D eigenvalue weighted by Gasteiger charge is 2.28. The molecule has 156 valence electrons. The van der Waals surface area contributed by atoms with Crippen LogP contribution >= 0.6 is 0 Å². The van der Waals surface area contributed by atoms with Crippen molar-refractivity contribution in [3.05, 3.63) is 69.8 Å². The second-order valence-electron chi connectivity index (χ2n) is 6.90. The molecule has 1 heterocycles. The van der Waals surface area contributed by atoms with E-state index in [9.17, 15) is 24.5 Å². The summed E-state index contributed by atoms with van der Waals surface area (Å²) < 4.78 is 4.74. The number of benzene rings is 2. The van der Waals surface area contributed by atoms with Gasteiger partial charge in [-0.3, -0.25) is 19.7 Å². The number of carbonyl (C=O) groups excluding carboxylic acids is 3. The second-order valence-corrected chi connectivity index (χ2v) is 6.90. The number of non-ortho nitro benzene ring substituents is 1. The predicted octanol–water partition coefficient (Wildman–Crippen LogP) is 2.87. The highest BCUT2D eigenvalue weighted by atomic mass is 16.6. The lowest BCUT2D eigenvalue weighted by molar-refractivity contribution is -0.384. The molecule has 1 saturated heterocycles. The third-order valence-electron chi connectivity index (χ3n) is 5.07. The number of ether oxygens (including phenoxy) is 1. The Kier molecular flexibility index (Phi) is 6.41. The van der Waals surface area contributed by atoms with Gasteiger partial charge in [-0.1, -0.05) is 12.1 Å². The predicted molar refractivity (Wildman–Crippen MR) is 108 cm³/mol. The monoisotopic (exact) mass is 411 g/mol. The Labute approximate surface area is 172 Å². The van der Waals surface area contributed by atoms with Gasteiger partial charge in [0.1, 0.15) is 0 Å². The normalized spacial score (nSPS) is 14.1. The van der Waals surface area contributed by atoms with Gasteiger partial charge in [-0.25, -0.2) is 4.79 Å². The summed E-state index contributed by atoms with van der Waals surface area (Å²) in [7, 11) is 1.28. The first-order valence-electron chi connectivity index (χ1n) is 9.42. The minimum absolute atomic E-state index is 0.0748. The number of rotatable bonds is 5. The number of anilines is 1. The summed E-state index contributed by atoms with van der Waals surface area (Å²) in [6.07, 6.45) is 0.954. The molecule has 2 amide bonds. The maximum Gasteiger partial charge on any atom is 0.339 e. The Morgan fingerprint density at radius 1 is 1.07 bits per heavy atom.